The van der Waals surface area contributed by atoms with E-state index >= 15 is 0 Å². The summed E-state index contributed by atoms with van der Waals surface area (Å²) in [7, 11) is -2.63. The molecule has 154 valence electrons. The van der Waals surface area contributed by atoms with E-state index in [1.54, 1.807) is 7.05 Å². The minimum atomic E-state index is -4.24. The third-order valence-electron chi connectivity index (χ3n) is 4.27. The summed E-state index contributed by atoms with van der Waals surface area (Å²) in [6, 6.07) is 10.0. The molecule has 2 aromatic carbocycles. The van der Waals surface area contributed by atoms with Crippen LogP contribution in [0.4, 0.5) is 5.69 Å². The van der Waals surface area contributed by atoms with Gasteiger partial charge in [-0.15, -0.1) is 0 Å². The number of hydrogen-bond acceptors (Lipinski definition) is 8. The zero-order valence-electron chi connectivity index (χ0n) is 15.5. The molecule has 11 nitrogen and oxygen atoms in total. The van der Waals surface area contributed by atoms with Crippen LogP contribution in [-0.2, 0) is 23.7 Å². The molecule has 4 aromatic rings. The summed E-state index contributed by atoms with van der Waals surface area (Å²) >= 11 is 0. The Labute approximate surface area is 169 Å². The van der Waals surface area contributed by atoms with Gasteiger partial charge >= 0.3 is 15.9 Å². The number of aryl methyl sites for hydroxylation is 1. The molecule has 0 atom stereocenters. The second-order valence-electron chi connectivity index (χ2n) is 6.40. The minimum absolute atomic E-state index is 0.00612. The molecule has 2 aromatic heterocycles. The van der Waals surface area contributed by atoms with Gasteiger partial charge in [0.1, 0.15) is 5.52 Å². The Kier molecular flexibility index (Phi) is 4.62. The Morgan fingerprint density at radius 3 is 2.57 bits per heavy atom. The van der Waals surface area contributed by atoms with Crippen molar-refractivity contribution >= 4 is 26.9 Å². The summed E-state index contributed by atoms with van der Waals surface area (Å²) in [5.74, 6) is -0.833. The number of non-ortho nitro benzene ring substituents is 1. The lowest BCUT2D eigenvalue weighted by molar-refractivity contribution is -0.384. The summed E-state index contributed by atoms with van der Waals surface area (Å²) in [6.07, 6.45) is 2.61. The third-order valence-corrected chi connectivity index (χ3v) is 5.40. The number of rotatable bonds is 6. The molecule has 0 bridgehead atoms. The molecule has 0 spiro atoms. The zero-order chi connectivity index (χ0) is 21.5. The van der Waals surface area contributed by atoms with Gasteiger partial charge in [-0.3, -0.25) is 14.7 Å². The zero-order valence-corrected chi connectivity index (χ0v) is 16.3. The molecule has 30 heavy (non-hydrogen) atoms. The predicted molar refractivity (Wildman–Crippen MR) is 104 cm³/mol. The lowest BCUT2D eigenvalue weighted by atomic mass is 10.2. The number of nitrogens with zero attached hydrogens (tertiary/aromatic N) is 4. The fraction of sp³-hybridized carbons (Fsp3) is 0.111. The largest absolute Gasteiger partial charge is 0.420 e. The smallest absolute Gasteiger partial charge is 0.408 e. The first kappa shape index (κ1) is 19.4. The Hall–Kier alpha value is -3.93. The number of para-hydroxylation sites is 1. The standard InChI is InChI=1S/C18H14N4O7S/c1-20-10-16(19-11-20)30(26,27)29-15-4-2-3-14-17(15)21(18(23)28-14)9-12-5-7-13(8-6-12)22(24)25/h2-8,10-11H,9H2,1H3. The van der Waals surface area contributed by atoms with Gasteiger partial charge in [-0.25, -0.2) is 9.78 Å². The lowest BCUT2D eigenvalue weighted by Crippen LogP contribution is -2.16. The summed E-state index contributed by atoms with van der Waals surface area (Å²) in [4.78, 5) is 26.4. The third kappa shape index (κ3) is 3.55. The number of imidazole rings is 1. The molecule has 0 N–H and O–H groups in total. The van der Waals surface area contributed by atoms with E-state index in [2.05, 4.69) is 4.98 Å². The quantitative estimate of drug-likeness (QED) is 0.257. The van der Waals surface area contributed by atoms with Gasteiger partial charge in [0.05, 0.1) is 17.8 Å². The maximum atomic E-state index is 12.6. The molecule has 0 amide bonds. The number of hydrogen-bond donors (Lipinski definition) is 0. The van der Waals surface area contributed by atoms with E-state index in [1.165, 1.54) is 64.1 Å². The summed E-state index contributed by atoms with van der Waals surface area (Å²) in [5, 5.41) is 10.5. The van der Waals surface area contributed by atoms with Crippen LogP contribution in [-0.4, -0.2) is 27.5 Å². The molecule has 0 fully saturated rings. The lowest BCUT2D eigenvalue weighted by Gasteiger charge is -2.08. The first-order chi connectivity index (χ1) is 14.2. The highest BCUT2D eigenvalue weighted by molar-refractivity contribution is 7.87. The predicted octanol–water partition coefficient (Wildman–Crippen LogP) is 2.05. The van der Waals surface area contributed by atoms with Gasteiger partial charge in [0, 0.05) is 25.4 Å². The van der Waals surface area contributed by atoms with Gasteiger partial charge in [0.15, 0.2) is 11.3 Å². The topological polar surface area (TPSA) is 139 Å². The van der Waals surface area contributed by atoms with E-state index in [-0.39, 0.29) is 34.1 Å². The maximum Gasteiger partial charge on any atom is 0.420 e. The van der Waals surface area contributed by atoms with Crippen molar-refractivity contribution in [2.75, 3.05) is 0 Å². The molecule has 0 aliphatic carbocycles. The number of nitro groups is 1. The second kappa shape index (κ2) is 7.15. The van der Waals surface area contributed by atoms with Crippen LogP contribution in [0, 0.1) is 10.1 Å². The molecule has 0 aliphatic heterocycles. The van der Waals surface area contributed by atoms with E-state index in [4.69, 9.17) is 8.60 Å². The van der Waals surface area contributed by atoms with Crippen LogP contribution in [0.25, 0.3) is 11.1 Å². The van der Waals surface area contributed by atoms with Crippen LogP contribution >= 0.6 is 0 Å². The summed E-state index contributed by atoms with van der Waals surface area (Å²) in [5.41, 5.74) is 0.761. The Bertz CT molecular complexity index is 1420. The molecule has 0 saturated carbocycles. The fourth-order valence-electron chi connectivity index (χ4n) is 2.89. The number of fused-ring (bicyclic) bond motifs is 1. The average Bonchev–Trinajstić information content (AvgIpc) is 3.27. The van der Waals surface area contributed by atoms with Gasteiger partial charge in [-0.1, -0.05) is 18.2 Å². The number of aromatic nitrogens is 3. The second-order valence-corrected chi connectivity index (χ2v) is 7.89. The van der Waals surface area contributed by atoms with Gasteiger partial charge < -0.3 is 13.2 Å². The minimum Gasteiger partial charge on any atom is -0.408 e. The van der Waals surface area contributed by atoms with E-state index in [9.17, 15) is 23.3 Å². The van der Waals surface area contributed by atoms with E-state index < -0.39 is 20.8 Å². The van der Waals surface area contributed by atoms with Crippen LogP contribution in [0.5, 0.6) is 5.75 Å². The van der Waals surface area contributed by atoms with E-state index in [1.807, 2.05) is 0 Å². The fourth-order valence-corrected chi connectivity index (χ4v) is 3.81. The number of benzene rings is 2. The van der Waals surface area contributed by atoms with Crippen LogP contribution in [0.15, 0.2) is 69.2 Å². The maximum absolute atomic E-state index is 12.6. The SMILES string of the molecule is Cn1cnc(S(=O)(=O)Oc2cccc3oc(=O)n(Cc4ccc([N+](=O)[O-])cc4)c23)c1. The van der Waals surface area contributed by atoms with E-state index in [0.29, 0.717) is 5.56 Å². The van der Waals surface area contributed by atoms with Crippen molar-refractivity contribution in [1.29, 1.82) is 0 Å². The van der Waals surface area contributed by atoms with Gasteiger partial charge in [0.2, 0.25) is 5.03 Å². The highest BCUT2D eigenvalue weighted by atomic mass is 32.2. The molecule has 12 heteroatoms. The summed E-state index contributed by atoms with van der Waals surface area (Å²) in [6.45, 7) is -0.00612. The van der Waals surface area contributed by atoms with Crippen molar-refractivity contribution < 1.29 is 21.9 Å². The molecule has 4 rings (SSSR count). The Morgan fingerprint density at radius 2 is 1.93 bits per heavy atom. The molecule has 0 radical (unpaired) electrons. The van der Waals surface area contributed by atoms with Gasteiger partial charge in [-0.2, -0.15) is 8.42 Å². The number of nitro benzene ring substituents is 1. The van der Waals surface area contributed by atoms with Gasteiger partial charge in [-0.05, 0) is 17.7 Å². The Morgan fingerprint density at radius 1 is 1.20 bits per heavy atom. The molecule has 0 unspecified atom stereocenters. The van der Waals surface area contributed by atoms with Crippen molar-refractivity contribution in [3.8, 4) is 5.75 Å². The van der Waals surface area contributed by atoms with Crippen LogP contribution in [0.2, 0.25) is 0 Å². The first-order valence-electron chi connectivity index (χ1n) is 8.53. The number of oxazole rings is 1. The van der Waals surface area contributed by atoms with Crippen molar-refractivity contribution in [3.05, 3.63) is 81.2 Å². The monoisotopic (exact) mass is 430 g/mol. The molecule has 0 saturated heterocycles. The van der Waals surface area contributed by atoms with Crippen molar-refractivity contribution in [3.63, 3.8) is 0 Å². The van der Waals surface area contributed by atoms with Crippen molar-refractivity contribution in [1.82, 2.24) is 14.1 Å². The molecular formula is C18H14N4O7S. The van der Waals surface area contributed by atoms with Crippen LogP contribution in [0.1, 0.15) is 5.56 Å². The molecule has 0 aliphatic rings. The molecule has 2 heterocycles. The van der Waals surface area contributed by atoms with E-state index in [0.717, 1.165) is 0 Å². The van der Waals surface area contributed by atoms with Gasteiger partial charge in [0.25, 0.3) is 5.69 Å². The van der Waals surface area contributed by atoms with Crippen LogP contribution < -0.4 is 9.94 Å². The highest BCUT2D eigenvalue weighted by Gasteiger charge is 2.23. The average molecular weight is 430 g/mol. The first-order valence-corrected chi connectivity index (χ1v) is 9.93. The molecular weight excluding hydrogens is 416 g/mol. The van der Waals surface area contributed by atoms with Crippen molar-refractivity contribution in [2.24, 2.45) is 7.05 Å². The summed E-state index contributed by atoms with van der Waals surface area (Å²) < 4.78 is 38.2. The normalized spacial score (nSPS) is 11.6. The Balaban J connectivity index is 1.75. The highest BCUT2D eigenvalue weighted by Crippen LogP contribution is 2.28. The van der Waals surface area contributed by atoms with Crippen molar-refractivity contribution in [2.45, 2.75) is 11.6 Å². The van der Waals surface area contributed by atoms with Crippen LogP contribution in [0.3, 0.4) is 0 Å².